The number of rotatable bonds is 3. The molecule has 0 aliphatic carbocycles. The summed E-state index contributed by atoms with van der Waals surface area (Å²) in [5, 5.41) is 1.19. The van der Waals surface area contributed by atoms with Gasteiger partial charge in [-0.05, 0) is 30.2 Å². The maximum absolute atomic E-state index is 6.06. The summed E-state index contributed by atoms with van der Waals surface area (Å²) in [7, 11) is 0. The van der Waals surface area contributed by atoms with E-state index in [1.54, 1.807) is 6.07 Å². The van der Waals surface area contributed by atoms with Crippen LogP contribution in [0, 0.1) is 6.92 Å². The summed E-state index contributed by atoms with van der Waals surface area (Å²) in [5.41, 5.74) is 2.07. The monoisotopic (exact) mass is 266 g/mol. The lowest BCUT2D eigenvalue weighted by Crippen LogP contribution is -1.96. The summed E-state index contributed by atoms with van der Waals surface area (Å²) in [6, 6.07) is 13.5. The van der Waals surface area contributed by atoms with Crippen molar-refractivity contribution in [1.29, 1.82) is 0 Å². The Bertz CT molecular complexity index is 509. The van der Waals surface area contributed by atoms with Crippen molar-refractivity contribution in [2.45, 2.75) is 13.5 Å². The molecule has 0 unspecified atom stereocenters. The summed E-state index contributed by atoms with van der Waals surface area (Å²) < 4.78 is 5.67. The molecule has 0 N–H and O–H groups in total. The molecule has 17 heavy (non-hydrogen) atoms. The number of halogens is 2. The van der Waals surface area contributed by atoms with E-state index in [1.807, 2.05) is 43.3 Å². The van der Waals surface area contributed by atoms with Crippen molar-refractivity contribution in [1.82, 2.24) is 0 Å². The average Bonchev–Trinajstić information content (AvgIpc) is 2.33. The molecule has 0 aliphatic rings. The fraction of sp³-hybridized carbons (Fsp3) is 0.143. The summed E-state index contributed by atoms with van der Waals surface area (Å²) in [6.07, 6.45) is 0. The van der Waals surface area contributed by atoms with Crippen molar-refractivity contribution in [2.75, 3.05) is 0 Å². The topological polar surface area (TPSA) is 9.23 Å². The maximum atomic E-state index is 6.06. The quantitative estimate of drug-likeness (QED) is 0.770. The zero-order chi connectivity index (χ0) is 12.3. The van der Waals surface area contributed by atoms with Gasteiger partial charge in [0.15, 0.2) is 0 Å². The van der Waals surface area contributed by atoms with Crippen molar-refractivity contribution in [3.63, 3.8) is 0 Å². The minimum absolute atomic E-state index is 0.502. The molecule has 0 radical (unpaired) electrons. The van der Waals surface area contributed by atoms with E-state index in [2.05, 4.69) is 0 Å². The van der Waals surface area contributed by atoms with Gasteiger partial charge < -0.3 is 4.74 Å². The fourth-order valence-corrected chi connectivity index (χ4v) is 1.91. The molecule has 0 saturated carbocycles. The third-order valence-corrected chi connectivity index (χ3v) is 3.15. The molecule has 0 fully saturated rings. The van der Waals surface area contributed by atoms with Crippen LogP contribution in [-0.4, -0.2) is 0 Å². The van der Waals surface area contributed by atoms with E-state index in [4.69, 9.17) is 27.9 Å². The van der Waals surface area contributed by atoms with Crippen molar-refractivity contribution in [2.24, 2.45) is 0 Å². The van der Waals surface area contributed by atoms with E-state index in [1.165, 1.54) is 0 Å². The molecule has 0 aliphatic heterocycles. The molecular formula is C14H12Cl2O. The molecule has 3 heteroatoms. The molecule has 88 valence electrons. The van der Waals surface area contributed by atoms with Crippen molar-refractivity contribution < 1.29 is 4.74 Å². The highest BCUT2D eigenvalue weighted by molar-refractivity contribution is 6.35. The predicted molar refractivity (Wildman–Crippen MR) is 72.0 cm³/mol. The summed E-state index contributed by atoms with van der Waals surface area (Å²) in [5.74, 6) is 0.664. The first-order chi connectivity index (χ1) is 8.16. The molecule has 2 rings (SSSR count). The first kappa shape index (κ1) is 12.3. The minimum Gasteiger partial charge on any atom is -0.487 e. The van der Waals surface area contributed by atoms with Crippen LogP contribution < -0.4 is 4.74 Å². The van der Waals surface area contributed by atoms with Gasteiger partial charge in [0.2, 0.25) is 0 Å². The number of aryl methyl sites for hydroxylation is 1. The van der Waals surface area contributed by atoms with Gasteiger partial charge in [-0.1, -0.05) is 53.5 Å². The van der Waals surface area contributed by atoms with E-state index < -0.39 is 0 Å². The molecular weight excluding hydrogens is 255 g/mol. The van der Waals surface area contributed by atoms with Crippen LogP contribution in [0.2, 0.25) is 10.0 Å². The second-order valence-corrected chi connectivity index (χ2v) is 4.62. The second kappa shape index (κ2) is 5.44. The van der Waals surface area contributed by atoms with Crippen LogP contribution in [-0.2, 0) is 6.61 Å². The summed E-state index contributed by atoms with van der Waals surface area (Å²) >= 11 is 12.0. The highest BCUT2D eigenvalue weighted by atomic mass is 35.5. The molecule has 2 aromatic carbocycles. The highest BCUT2D eigenvalue weighted by Gasteiger charge is 2.05. The van der Waals surface area contributed by atoms with Crippen LogP contribution in [0.25, 0.3) is 0 Å². The molecule has 0 bridgehead atoms. The Labute approximate surface area is 111 Å². The van der Waals surface area contributed by atoms with Crippen LogP contribution in [0.3, 0.4) is 0 Å². The molecule has 0 amide bonds. The van der Waals surface area contributed by atoms with E-state index in [9.17, 15) is 0 Å². The van der Waals surface area contributed by atoms with Crippen molar-refractivity contribution in [3.05, 3.63) is 63.6 Å². The van der Waals surface area contributed by atoms with E-state index in [-0.39, 0.29) is 0 Å². The third-order valence-electron chi connectivity index (χ3n) is 2.45. The van der Waals surface area contributed by atoms with Crippen LogP contribution in [0.5, 0.6) is 5.75 Å². The number of hydrogen-bond donors (Lipinski definition) is 0. The Morgan fingerprint density at radius 3 is 2.41 bits per heavy atom. The van der Waals surface area contributed by atoms with Gasteiger partial charge in [-0.2, -0.15) is 0 Å². The molecule has 0 spiro atoms. The first-order valence-electron chi connectivity index (χ1n) is 5.29. The van der Waals surface area contributed by atoms with Gasteiger partial charge >= 0.3 is 0 Å². The Hall–Kier alpha value is -1.18. The lowest BCUT2D eigenvalue weighted by atomic mass is 10.2. The molecule has 0 heterocycles. The van der Waals surface area contributed by atoms with Gasteiger partial charge in [-0.15, -0.1) is 0 Å². The summed E-state index contributed by atoms with van der Waals surface area (Å²) in [4.78, 5) is 0. The number of benzene rings is 2. The van der Waals surface area contributed by atoms with Gasteiger partial charge in [0, 0.05) is 5.02 Å². The number of ether oxygens (including phenoxy) is 1. The zero-order valence-corrected chi connectivity index (χ0v) is 10.9. The van der Waals surface area contributed by atoms with Gasteiger partial charge in [0.25, 0.3) is 0 Å². The van der Waals surface area contributed by atoms with Crippen LogP contribution in [0.1, 0.15) is 11.1 Å². The van der Waals surface area contributed by atoms with E-state index in [0.29, 0.717) is 22.4 Å². The standard InChI is InChI=1S/C14H12Cl2O/c1-10-7-14(13(16)8-12(10)15)17-9-11-5-3-2-4-6-11/h2-8H,9H2,1H3. The summed E-state index contributed by atoms with van der Waals surface area (Å²) in [6.45, 7) is 2.43. The predicted octanol–water partition coefficient (Wildman–Crippen LogP) is 4.88. The smallest absolute Gasteiger partial charge is 0.138 e. The van der Waals surface area contributed by atoms with Crippen molar-refractivity contribution >= 4 is 23.2 Å². The number of hydrogen-bond acceptors (Lipinski definition) is 1. The second-order valence-electron chi connectivity index (χ2n) is 3.81. The first-order valence-corrected chi connectivity index (χ1v) is 6.05. The molecule has 0 atom stereocenters. The van der Waals surface area contributed by atoms with Crippen LogP contribution in [0.15, 0.2) is 42.5 Å². The highest BCUT2D eigenvalue weighted by Crippen LogP contribution is 2.31. The molecule has 2 aromatic rings. The molecule has 0 aromatic heterocycles. The Morgan fingerprint density at radius 1 is 1.00 bits per heavy atom. The fourth-order valence-electron chi connectivity index (χ4n) is 1.48. The Balaban J connectivity index is 2.12. The van der Waals surface area contributed by atoms with E-state index >= 15 is 0 Å². The SMILES string of the molecule is Cc1cc(OCc2ccccc2)c(Cl)cc1Cl. The Morgan fingerprint density at radius 2 is 1.71 bits per heavy atom. The third kappa shape index (κ3) is 3.15. The van der Waals surface area contributed by atoms with Crippen LogP contribution >= 0.6 is 23.2 Å². The maximum Gasteiger partial charge on any atom is 0.138 e. The largest absolute Gasteiger partial charge is 0.487 e. The van der Waals surface area contributed by atoms with Gasteiger partial charge in [0.05, 0.1) is 5.02 Å². The van der Waals surface area contributed by atoms with Gasteiger partial charge in [-0.25, -0.2) is 0 Å². The lowest BCUT2D eigenvalue weighted by Gasteiger charge is -2.09. The van der Waals surface area contributed by atoms with Crippen LogP contribution in [0.4, 0.5) is 0 Å². The van der Waals surface area contributed by atoms with Gasteiger partial charge in [0.1, 0.15) is 12.4 Å². The minimum atomic E-state index is 0.502. The lowest BCUT2D eigenvalue weighted by molar-refractivity contribution is 0.306. The molecule has 0 saturated heterocycles. The average molecular weight is 267 g/mol. The normalized spacial score (nSPS) is 10.3. The van der Waals surface area contributed by atoms with E-state index in [0.717, 1.165) is 11.1 Å². The van der Waals surface area contributed by atoms with Gasteiger partial charge in [-0.3, -0.25) is 0 Å². The van der Waals surface area contributed by atoms with Crippen molar-refractivity contribution in [3.8, 4) is 5.75 Å². The molecule has 1 nitrogen and oxygen atoms in total. The Kier molecular flexibility index (Phi) is 3.93. The zero-order valence-electron chi connectivity index (χ0n) is 9.41.